The van der Waals surface area contributed by atoms with E-state index in [0.717, 1.165) is 5.25 Å². The molecule has 4 heteroatoms. The van der Waals surface area contributed by atoms with Crippen LogP contribution in [0, 0.1) is 0 Å². The van der Waals surface area contributed by atoms with E-state index in [9.17, 15) is 0 Å². The molecule has 1 aliphatic rings. The van der Waals surface area contributed by atoms with Gasteiger partial charge in [0.1, 0.15) is 4.34 Å². The molecule has 1 saturated carbocycles. The zero-order valence-corrected chi connectivity index (χ0v) is 10.0. The van der Waals surface area contributed by atoms with E-state index in [0.29, 0.717) is 6.04 Å². The average Bonchev–Trinajstić information content (AvgIpc) is 2.71. The molecule has 1 aromatic heterocycles. The lowest BCUT2D eigenvalue weighted by Crippen LogP contribution is -2.38. The molecule has 0 spiro atoms. The van der Waals surface area contributed by atoms with Crippen LogP contribution in [0.15, 0.2) is 15.9 Å². The number of thioether (sulfide) groups is 1. The van der Waals surface area contributed by atoms with E-state index < -0.39 is 0 Å². The molecule has 0 bridgehead atoms. The van der Waals surface area contributed by atoms with E-state index in [4.69, 9.17) is 0 Å². The van der Waals surface area contributed by atoms with Crippen LogP contribution in [0.1, 0.15) is 25.7 Å². The summed E-state index contributed by atoms with van der Waals surface area (Å²) in [5, 5.41) is 6.20. The summed E-state index contributed by atoms with van der Waals surface area (Å²) < 4.78 is 1.22. The van der Waals surface area contributed by atoms with Crippen molar-refractivity contribution in [1.29, 1.82) is 0 Å². The number of hydrogen-bond donors (Lipinski definition) is 1. The SMILES string of the molecule is CNC1CCCCC1Sc1nccs1. The molecule has 1 N–H and O–H groups in total. The lowest BCUT2D eigenvalue weighted by atomic mass is 9.95. The standard InChI is InChI=1S/C10H16N2S2/c1-11-8-4-2-3-5-9(8)14-10-12-6-7-13-10/h6-9,11H,2-5H2,1H3. The van der Waals surface area contributed by atoms with E-state index in [1.807, 2.05) is 18.0 Å². The van der Waals surface area contributed by atoms with Crippen LogP contribution in [0.2, 0.25) is 0 Å². The summed E-state index contributed by atoms with van der Waals surface area (Å²) in [4.78, 5) is 4.33. The van der Waals surface area contributed by atoms with Crippen LogP contribution in [0.25, 0.3) is 0 Å². The number of thiazole rings is 1. The Morgan fingerprint density at radius 2 is 2.36 bits per heavy atom. The molecule has 0 aliphatic heterocycles. The maximum atomic E-state index is 4.33. The minimum atomic E-state index is 0.678. The highest BCUT2D eigenvalue weighted by Gasteiger charge is 2.25. The molecule has 1 aromatic rings. The van der Waals surface area contributed by atoms with Gasteiger partial charge in [-0.25, -0.2) is 4.98 Å². The molecule has 14 heavy (non-hydrogen) atoms. The highest BCUT2D eigenvalue weighted by atomic mass is 32.2. The molecule has 0 radical (unpaired) electrons. The van der Waals surface area contributed by atoms with E-state index in [1.165, 1.54) is 30.0 Å². The monoisotopic (exact) mass is 228 g/mol. The Balaban J connectivity index is 1.94. The van der Waals surface area contributed by atoms with Crippen molar-refractivity contribution < 1.29 is 0 Å². The molecule has 0 aromatic carbocycles. The number of aromatic nitrogens is 1. The van der Waals surface area contributed by atoms with Gasteiger partial charge in [-0.05, 0) is 19.9 Å². The number of nitrogens with zero attached hydrogens (tertiary/aromatic N) is 1. The number of rotatable bonds is 3. The zero-order chi connectivity index (χ0) is 9.80. The molecule has 2 rings (SSSR count). The second kappa shape index (κ2) is 5.14. The minimum absolute atomic E-state index is 0.678. The highest BCUT2D eigenvalue weighted by molar-refractivity contribution is 8.01. The van der Waals surface area contributed by atoms with E-state index in [2.05, 4.69) is 22.7 Å². The summed E-state index contributed by atoms with van der Waals surface area (Å²) in [7, 11) is 2.07. The van der Waals surface area contributed by atoms with Gasteiger partial charge in [0, 0.05) is 22.9 Å². The molecule has 2 atom stereocenters. The Kier molecular flexibility index (Phi) is 3.84. The van der Waals surface area contributed by atoms with Crippen LogP contribution >= 0.6 is 23.1 Å². The molecular formula is C10H16N2S2. The van der Waals surface area contributed by atoms with Crippen LogP contribution in [-0.4, -0.2) is 23.3 Å². The third kappa shape index (κ3) is 2.49. The van der Waals surface area contributed by atoms with Gasteiger partial charge >= 0.3 is 0 Å². The summed E-state index contributed by atoms with van der Waals surface area (Å²) in [6.45, 7) is 0. The Morgan fingerprint density at radius 1 is 1.50 bits per heavy atom. The number of hydrogen-bond acceptors (Lipinski definition) is 4. The Morgan fingerprint density at radius 3 is 3.07 bits per heavy atom. The maximum Gasteiger partial charge on any atom is 0.150 e. The van der Waals surface area contributed by atoms with Crippen molar-refractivity contribution in [3.8, 4) is 0 Å². The highest BCUT2D eigenvalue weighted by Crippen LogP contribution is 2.34. The van der Waals surface area contributed by atoms with Crippen LogP contribution in [0.4, 0.5) is 0 Å². The predicted molar refractivity (Wildman–Crippen MR) is 63.1 cm³/mol. The molecule has 0 saturated heterocycles. The van der Waals surface area contributed by atoms with Crippen molar-refractivity contribution in [3.05, 3.63) is 11.6 Å². The lowest BCUT2D eigenvalue weighted by molar-refractivity contribution is 0.405. The largest absolute Gasteiger partial charge is 0.316 e. The van der Waals surface area contributed by atoms with Gasteiger partial charge in [0.15, 0.2) is 0 Å². The lowest BCUT2D eigenvalue weighted by Gasteiger charge is -2.29. The molecule has 1 aliphatic carbocycles. The first-order chi connectivity index (χ1) is 6.90. The summed E-state index contributed by atoms with van der Waals surface area (Å²) >= 11 is 3.70. The fraction of sp³-hybridized carbons (Fsp3) is 0.700. The summed E-state index contributed by atoms with van der Waals surface area (Å²) in [6, 6.07) is 0.678. The summed E-state index contributed by atoms with van der Waals surface area (Å²) in [5.41, 5.74) is 0. The second-order valence-corrected chi connectivity index (χ2v) is 6.01. The first kappa shape index (κ1) is 10.5. The predicted octanol–water partition coefficient (Wildman–Crippen LogP) is 2.77. The Hall–Kier alpha value is -0.0600. The van der Waals surface area contributed by atoms with Gasteiger partial charge in [0.2, 0.25) is 0 Å². The van der Waals surface area contributed by atoms with Crippen LogP contribution in [0.5, 0.6) is 0 Å². The molecule has 1 heterocycles. The first-order valence-corrected chi connectivity index (χ1v) is 6.89. The number of nitrogens with one attached hydrogen (secondary N) is 1. The van der Waals surface area contributed by atoms with E-state index >= 15 is 0 Å². The van der Waals surface area contributed by atoms with Crippen LogP contribution in [0.3, 0.4) is 0 Å². The van der Waals surface area contributed by atoms with Crippen molar-refractivity contribution in [2.24, 2.45) is 0 Å². The summed E-state index contributed by atoms with van der Waals surface area (Å²) in [6.07, 6.45) is 7.29. The van der Waals surface area contributed by atoms with Gasteiger partial charge < -0.3 is 5.32 Å². The van der Waals surface area contributed by atoms with Gasteiger partial charge in [0.25, 0.3) is 0 Å². The van der Waals surface area contributed by atoms with Crippen molar-refractivity contribution in [1.82, 2.24) is 10.3 Å². The van der Waals surface area contributed by atoms with E-state index in [1.54, 1.807) is 11.3 Å². The van der Waals surface area contributed by atoms with Gasteiger partial charge in [-0.1, -0.05) is 24.6 Å². The first-order valence-electron chi connectivity index (χ1n) is 5.13. The average molecular weight is 228 g/mol. The van der Waals surface area contributed by atoms with Gasteiger partial charge in [-0.2, -0.15) is 0 Å². The fourth-order valence-electron chi connectivity index (χ4n) is 1.97. The van der Waals surface area contributed by atoms with Crippen LogP contribution in [-0.2, 0) is 0 Å². The third-order valence-corrected chi connectivity index (χ3v) is 5.05. The van der Waals surface area contributed by atoms with Gasteiger partial charge in [-0.3, -0.25) is 0 Å². The molecule has 2 nitrogen and oxygen atoms in total. The maximum absolute atomic E-state index is 4.33. The van der Waals surface area contributed by atoms with Crippen LogP contribution < -0.4 is 5.32 Å². The minimum Gasteiger partial charge on any atom is -0.316 e. The van der Waals surface area contributed by atoms with Crippen molar-refractivity contribution >= 4 is 23.1 Å². The third-order valence-electron chi connectivity index (χ3n) is 2.74. The van der Waals surface area contributed by atoms with Crippen molar-refractivity contribution in [2.45, 2.75) is 41.3 Å². The van der Waals surface area contributed by atoms with E-state index in [-0.39, 0.29) is 0 Å². The molecular weight excluding hydrogens is 212 g/mol. The molecule has 0 amide bonds. The topological polar surface area (TPSA) is 24.9 Å². The Bertz CT molecular complexity index is 261. The van der Waals surface area contributed by atoms with Crippen molar-refractivity contribution in [2.75, 3.05) is 7.05 Å². The van der Waals surface area contributed by atoms with Gasteiger partial charge in [0.05, 0.1) is 0 Å². The summed E-state index contributed by atoms with van der Waals surface area (Å²) in [5.74, 6) is 0. The smallest absolute Gasteiger partial charge is 0.150 e. The van der Waals surface area contributed by atoms with Gasteiger partial charge in [-0.15, -0.1) is 11.3 Å². The fourth-order valence-corrected chi connectivity index (χ4v) is 4.19. The van der Waals surface area contributed by atoms with Crippen molar-refractivity contribution in [3.63, 3.8) is 0 Å². The molecule has 1 fully saturated rings. The Labute approximate surface area is 93.5 Å². The second-order valence-electron chi connectivity index (χ2n) is 3.63. The molecule has 78 valence electrons. The normalized spacial score (nSPS) is 27.8. The quantitative estimate of drug-likeness (QED) is 0.861. The molecule has 2 unspecified atom stereocenters. The zero-order valence-electron chi connectivity index (χ0n) is 8.40.